The van der Waals surface area contributed by atoms with E-state index in [4.69, 9.17) is 9.47 Å². The number of carbonyl (C=O) groups is 1. The number of hydrogen-bond donors (Lipinski definition) is 2. The second-order valence-electron chi connectivity index (χ2n) is 5.51. The zero-order valence-corrected chi connectivity index (χ0v) is 13.1. The Hall–Kier alpha value is -2.69. The van der Waals surface area contributed by atoms with Gasteiger partial charge in [-0.15, -0.1) is 0 Å². The summed E-state index contributed by atoms with van der Waals surface area (Å²) in [6, 6.07) is 13.8. The average molecular weight is 312 g/mol. The molecule has 5 heteroatoms. The second kappa shape index (κ2) is 7.05. The summed E-state index contributed by atoms with van der Waals surface area (Å²) in [6.45, 7) is 3.44. The Morgan fingerprint density at radius 3 is 2.87 bits per heavy atom. The Morgan fingerprint density at radius 2 is 2.00 bits per heavy atom. The molecule has 0 fully saturated rings. The molecule has 0 aromatic heterocycles. The number of nitrogens with one attached hydrogen (secondary N) is 2. The summed E-state index contributed by atoms with van der Waals surface area (Å²) >= 11 is 0. The van der Waals surface area contributed by atoms with E-state index in [-0.39, 0.29) is 12.7 Å². The molecule has 2 aromatic rings. The van der Waals surface area contributed by atoms with Gasteiger partial charge in [-0.2, -0.15) is 0 Å². The molecule has 0 saturated carbocycles. The standard InChI is InChI=1S/C18H20N2O3/c1-13-3-2-4-14(9-13)11-20-18(21)7-8-19-15-5-6-16-17(10-15)23-12-22-16/h2-6,9-10,19H,7-8,11-12H2,1H3,(H,20,21). The summed E-state index contributed by atoms with van der Waals surface area (Å²) in [5, 5.41) is 6.15. The van der Waals surface area contributed by atoms with Crippen molar-refractivity contribution < 1.29 is 14.3 Å². The average Bonchev–Trinajstić information content (AvgIpc) is 3.01. The number of benzene rings is 2. The fourth-order valence-electron chi connectivity index (χ4n) is 2.44. The Labute approximate surface area is 135 Å². The molecule has 0 spiro atoms. The molecule has 0 saturated heterocycles. The lowest BCUT2D eigenvalue weighted by Crippen LogP contribution is -2.24. The quantitative estimate of drug-likeness (QED) is 0.861. The van der Waals surface area contributed by atoms with Crippen molar-refractivity contribution in [3.63, 3.8) is 0 Å². The van der Waals surface area contributed by atoms with Crippen LogP contribution in [0.15, 0.2) is 42.5 Å². The van der Waals surface area contributed by atoms with Crippen LogP contribution >= 0.6 is 0 Å². The molecule has 1 aliphatic rings. The maximum atomic E-state index is 11.9. The fourth-order valence-corrected chi connectivity index (χ4v) is 2.44. The van der Waals surface area contributed by atoms with Crippen LogP contribution in [0.1, 0.15) is 17.5 Å². The van der Waals surface area contributed by atoms with Crippen molar-refractivity contribution in [3.05, 3.63) is 53.6 Å². The van der Waals surface area contributed by atoms with E-state index in [1.807, 2.05) is 43.3 Å². The molecule has 1 aliphatic heterocycles. The lowest BCUT2D eigenvalue weighted by Gasteiger charge is -2.08. The van der Waals surface area contributed by atoms with Gasteiger partial charge in [-0.25, -0.2) is 0 Å². The third-order valence-corrected chi connectivity index (χ3v) is 3.63. The summed E-state index contributed by atoms with van der Waals surface area (Å²) in [6.07, 6.45) is 0.417. The van der Waals surface area contributed by atoms with Gasteiger partial charge in [0.25, 0.3) is 0 Å². The van der Waals surface area contributed by atoms with Gasteiger partial charge in [0, 0.05) is 31.3 Å². The molecule has 5 nitrogen and oxygen atoms in total. The Bertz CT molecular complexity index is 700. The minimum atomic E-state index is 0.0275. The smallest absolute Gasteiger partial charge is 0.231 e. The molecule has 0 atom stereocenters. The number of hydrogen-bond acceptors (Lipinski definition) is 4. The van der Waals surface area contributed by atoms with E-state index >= 15 is 0 Å². The van der Waals surface area contributed by atoms with E-state index in [9.17, 15) is 4.79 Å². The number of aryl methyl sites for hydroxylation is 1. The maximum absolute atomic E-state index is 11.9. The van der Waals surface area contributed by atoms with Crippen molar-refractivity contribution in [3.8, 4) is 11.5 Å². The Balaban J connectivity index is 1.41. The predicted octanol–water partition coefficient (Wildman–Crippen LogP) is 2.84. The minimum Gasteiger partial charge on any atom is -0.454 e. The number of rotatable bonds is 6. The normalized spacial score (nSPS) is 12.0. The molecule has 2 N–H and O–H groups in total. The van der Waals surface area contributed by atoms with Crippen molar-refractivity contribution in [1.29, 1.82) is 0 Å². The molecule has 2 aromatic carbocycles. The van der Waals surface area contributed by atoms with Crippen LogP contribution in [0.4, 0.5) is 5.69 Å². The van der Waals surface area contributed by atoms with Gasteiger partial charge >= 0.3 is 0 Å². The number of anilines is 1. The number of carbonyl (C=O) groups excluding carboxylic acids is 1. The third kappa shape index (κ3) is 4.16. The summed E-state index contributed by atoms with van der Waals surface area (Å²) in [4.78, 5) is 11.9. The van der Waals surface area contributed by atoms with E-state index in [0.29, 0.717) is 19.5 Å². The molecular weight excluding hydrogens is 292 g/mol. The molecule has 3 rings (SSSR count). The number of fused-ring (bicyclic) bond motifs is 1. The topological polar surface area (TPSA) is 59.6 Å². The number of amides is 1. The van der Waals surface area contributed by atoms with Gasteiger partial charge in [0.2, 0.25) is 12.7 Å². The summed E-state index contributed by atoms with van der Waals surface area (Å²) < 4.78 is 10.6. The first-order chi connectivity index (χ1) is 11.2. The van der Waals surface area contributed by atoms with Gasteiger partial charge in [0.1, 0.15) is 0 Å². The number of ether oxygens (including phenoxy) is 2. The zero-order chi connectivity index (χ0) is 16.1. The van der Waals surface area contributed by atoms with Gasteiger partial charge in [-0.05, 0) is 24.6 Å². The van der Waals surface area contributed by atoms with Crippen molar-refractivity contribution >= 4 is 11.6 Å². The third-order valence-electron chi connectivity index (χ3n) is 3.63. The van der Waals surface area contributed by atoms with Crippen LogP contribution in [-0.4, -0.2) is 19.2 Å². The first-order valence-electron chi connectivity index (χ1n) is 7.66. The zero-order valence-electron chi connectivity index (χ0n) is 13.1. The highest BCUT2D eigenvalue weighted by Crippen LogP contribution is 2.34. The van der Waals surface area contributed by atoms with Gasteiger partial charge in [-0.3, -0.25) is 4.79 Å². The van der Waals surface area contributed by atoms with E-state index < -0.39 is 0 Å². The molecule has 0 bridgehead atoms. The maximum Gasteiger partial charge on any atom is 0.231 e. The minimum absolute atomic E-state index is 0.0275. The van der Waals surface area contributed by atoms with Crippen LogP contribution in [0.3, 0.4) is 0 Å². The van der Waals surface area contributed by atoms with E-state index in [0.717, 1.165) is 22.7 Å². The van der Waals surface area contributed by atoms with Gasteiger partial charge in [0.15, 0.2) is 11.5 Å². The van der Waals surface area contributed by atoms with E-state index in [1.54, 1.807) is 0 Å². The lowest BCUT2D eigenvalue weighted by atomic mass is 10.1. The largest absolute Gasteiger partial charge is 0.454 e. The lowest BCUT2D eigenvalue weighted by molar-refractivity contribution is -0.121. The monoisotopic (exact) mass is 312 g/mol. The molecule has 23 heavy (non-hydrogen) atoms. The highest BCUT2D eigenvalue weighted by Gasteiger charge is 2.13. The van der Waals surface area contributed by atoms with Gasteiger partial charge < -0.3 is 20.1 Å². The Kier molecular flexibility index (Phi) is 4.66. The van der Waals surface area contributed by atoms with Crippen LogP contribution in [0.2, 0.25) is 0 Å². The van der Waals surface area contributed by atoms with E-state index in [2.05, 4.69) is 16.7 Å². The first-order valence-corrected chi connectivity index (χ1v) is 7.66. The highest BCUT2D eigenvalue weighted by molar-refractivity contribution is 5.76. The first kappa shape index (κ1) is 15.2. The molecule has 0 aliphatic carbocycles. The van der Waals surface area contributed by atoms with Crippen LogP contribution in [0.5, 0.6) is 11.5 Å². The molecule has 0 unspecified atom stereocenters. The molecule has 1 heterocycles. The predicted molar refractivity (Wildman–Crippen MR) is 88.7 cm³/mol. The van der Waals surface area contributed by atoms with Crippen LogP contribution in [-0.2, 0) is 11.3 Å². The molecule has 1 amide bonds. The molecule has 0 radical (unpaired) electrons. The summed E-state index contributed by atoms with van der Waals surface area (Å²) in [7, 11) is 0. The summed E-state index contributed by atoms with van der Waals surface area (Å²) in [5.41, 5.74) is 3.23. The van der Waals surface area contributed by atoms with Crippen molar-refractivity contribution in [1.82, 2.24) is 5.32 Å². The van der Waals surface area contributed by atoms with Crippen LogP contribution < -0.4 is 20.1 Å². The second-order valence-corrected chi connectivity index (χ2v) is 5.51. The van der Waals surface area contributed by atoms with Crippen LogP contribution in [0, 0.1) is 6.92 Å². The summed E-state index contributed by atoms with van der Waals surface area (Å²) in [5.74, 6) is 1.52. The Morgan fingerprint density at radius 1 is 1.13 bits per heavy atom. The van der Waals surface area contributed by atoms with Gasteiger partial charge in [-0.1, -0.05) is 29.8 Å². The fraction of sp³-hybridized carbons (Fsp3) is 0.278. The van der Waals surface area contributed by atoms with Crippen molar-refractivity contribution in [2.24, 2.45) is 0 Å². The van der Waals surface area contributed by atoms with E-state index in [1.165, 1.54) is 5.56 Å². The van der Waals surface area contributed by atoms with Gasteiger partial charge in [0.05, 0.1) is 0 Å². The molecule has 120 valence electrons. The SMILES string of the molecule is Cc1cccc(CNC(=O)CCNc2ccc3c(c2)OCO3)c1. The molecular formula is C18H20N2O3. The van der Waals surface area contributed by atoms with Crippen molar-refractivity contribution in [2.75, 3.05) is 18.7 Å². The van der Waals surface area contributed by atoms with Crippen LogP contribution in [0.25, 0.3) is 0 Å². The highest BCUT2D eigenvalue weighted by atomic mass is 16.7. The van der Waals surface area contributed by atoms with Crippen molar-refractivity contribution in [2.45, 2.75) is 19.9 Å².